The van der Waals surface area contributed by atoms with E-state index < -0.39 is 12.0 Å². The van der Waals surface area contributed by atoms with Gasteiger partial charge in [-0.25, -0.2) is 19.7 Å². The van der Waals surface area contributed by atoms with Gasteiger partial charge in [-0.15, -0.1) is 0 Å². The molecule has 0 unspecified atom stereocenters. The van der Waals surface area contributed by atoms with Gasteiger partial charge < -0.3 is 9.84 Å². The number of hydrogen-bond acceptors (Lipinski definition) is 5. The summed E-state index contributed by atoms with van der Waals surface area (Å²) in [6.07, 6.45) is 0.207. The van der Waals surface area contributed by atoms with Gasteiger partial charge in [-0.2, -0.15) is 4.39 Å². The first-order valence-electron chi connectivity index (χ1n) is 6.30. The molecule has 114 valence electrons. The zero-order valence-corrected chi connectivity index (χ0v) is 11.6. The molecule has 22 heavy (non-hydrogen) atoms. The fourth-order valence-electron chi connectivity index (χ4n) is 1.73. The van der Waals surface area contributed by atoms with E-state index in [1.54, 1.807) is 6.92 Å². The monoisotopic (exact) mass is 305 g/mol. The van der Waals surface area contributed by atoms with E-state index in [-0.39, 0.29) is 17.1 Å². The molecule has 2 aromatic rings. The smallest absolute Gasteiger partial charge is 0.417 e. The molecular weight excluding hydrogens is 293 g/mol. The zero-order valence-electron chi connectivity index (χ0n) is 11.6. The van der Waals surface area contributed by atoms with Gasteiger partial charge in [0.15, 0.2) is 6.29 Å². The average Bonchev–Trinajstić information content (AvgIpc) is 2.49. The predicted molar refractivity (Wildman–Crippen MR) is 75.2 cm³/mol. The third-order valence-corrected chi connectivity index (χ3v) is 2.68. The van der Waals surface area contributed by atoms with Gasteiger partial charge in [-0.1, -0.05) is 0 Å². The lowest BCUT2D eigenvalue weighted by Crippen LogP contribution is -2.25. The second-order valence-electron chi connectivity index (χ2n) is 4.07. The highest BCUT2D eigenvalue weighted by Gasteiger charge is 2.20. The van der Waals surface area contributed by atoms with Crippen molar-refractivity contribution < 1.29 is 23.8 Å². The molecule has 0 saturated carbocycles. The fraction of sp³-hybridized carbons (Fsp3) is 0.143. The molecule has 2 aromatic heterocycles. The van der Waals surface area contributed by atoms with Crippen LogP contribution in [0.3, 0.4) is 0 Å². The first-order valence-corrected chi connectivity index (χ1v) is 6.30. The third-order valence-electron chi connectivity index (χ3n) is 2.68. The number of anilines is 2. The Labute approximate surface area is 125 Å². The highest BCUT2D eigenvalue weighted by molar-refractivity contribution is 5.93. The van der Waals surface area contributed by atoms with E-state index in [9.17, 15) is 19.1 Å². The molecule has 0 aliphatic heterocycles. The number of aldehydes is 1. The van der Waals surface area contributed by atoms with Crippen molar-refractivity contribution in [2.24, 2.45) is 0 Å². The maximum Gasteiger partial charge on any atom is 0.417 e. The van der Waals surface area contributed by atoms with Gasteiger partial charge in [0.2, 0.25) is 11.8 Å². The molecule has 1 N–H and O–H groups in total. The molecular formula is C14H12FN3O4. The van der Waals surface area contributed by atoms with Crippen LogP contribution in [0.2, 0.25) is 0 Å². The number of halogens is 1. The summed E-state index contributed by atoms with van der Waals surface area (Å²) >= 11 is 0. The van der Waals surface area contributed by atoms with Crippen LogP contribution in [0.15, 0.2) is 30.5 Å². The number of ether oxygens (including phenoxy) is 1. The first kappa shape index (κ1) is 15.4. The van der Waals surface area contributed by atoms with Crippen LogP contribution in [-0.4, -0.2) is 34.1 Å². The number of nitrogens with zero attached hydrogens (tertiary/aromatic N) is 3. The van der Waals surface area contributed by atoms with E-state index in [0.29, 0.717) is 18.8 Å². The quantitative estimate of drug-likeness (QED) is 0.674. The molecule has 0 bridgehead atoms. The number of pyridine rings is 2. The molecule has 2 rings (SSSR count). The summed E-state index contributed by atoms with van der Waals surface area (Å²) in [6, 6.07) is 5.34. The van der Waals surface area contributed by atoms with Crippen LogP contribution in [0.1, 0.15) is 17.3 Å². The number of hydrogen-bond donors (Lipinski definition) is 1. The van der Waals surface area contributed by atoms with Gasteiger partial charge in [-0.3, -0.25) is 4.79 Å². The SMILES string of the molecule is CCOc1ccc(N(C(=O)O)c2ccc(C=O)c(F)n2)cn1. The highest BCUT2D eigenvalue weighted by atomic mass is 19.1. The Hall–Kier alpha value is -3.03. The van der Waals surface area contributed by atoms with Crippen molar-refractivity contribution in [1.29, 1.82) is 0 Å². The Morgan fingerprint density at radius 1 is 1.41 bits per heavy atom. The van der Waals surface area contributed by atoms with Crippen LogP contribution in [0.5, 0.6) is 5.88 Å². The topological polar surface area (TPSA) is 92.6 Å². The van der Waals surface area contributed by atoms with Gasteiger partial charge in [0.05, 0.1) is 24.1 Å². The van der Waals surface area contributed by atoms with Gasteiger partial charge in [0, 0.05) is 6.07 Å². The summed E-state index contributed by atoms with van der Waals surface area (Å²) in [5.74, 6) is -0.883. The molecule has 0 atom stereocenters. The van der Waals surface area contributed by atoms with Gasteiger partial charge in [0.25, 0.3) is 0 Å². The molecule has 0 aliphatic rings. The van der Waals surface area contributed by atoms with Crippen molar-refractivity contribution in [3.63, 3.8) is 0 Å². The lowest BCUT2D eigenvalue weighted by Gasteiger charge is -2.18. The van der Waals surface area contributed by atoms with Crippen molar-refractivity contribution in [2.75, 3.05) is 11.5 Å². The van der Waals surface area contributed by atoms with Crippen LogP contribution in [0.4, 0.5) is 20.7 Å². The number of rotatable bonds is 5. The van der Waals surface area contributed by atoms with Crippen LogP contribution in [-0.2, 0) is 0 Å². The van der Waals surface area contributed by atoms with Gasteiger partial charge in [0.1, 0.15) is 5.82 Å². The zero-order chi connectivity index (χ0) is 16.1. The van der Waals surface area contributed by atoms with E-state index in [0.717, 1.165) is 11.0 Å². The van der Waals surface area contributed by atoms with Crippen molar-refractivity contribution in [3.05, 3.63) is 42.0 Å². The molecule has 0 radical (unpaired) electrons. The largest absolute Gasteiger partial charge is 0.478 e. The minimum absolute atomic E-state index is 0.168. The number of carbonyl (C=O) groups is 2. The summed E-state index contributed by atoms with van der Waals surface area (Å²) in [7, 11) is 0. The standard InChI is InChI=1S/C14H12FN3O4/c1-2-22-12-6-4-10(7-16-12)18(14(20)21)11-5-3-9(8-19)13(15)17-11/h3-8H,2H2,1H3,(H,20,21). The number of amides is 1. The molecule has 0 saturated heterocycles. The summed E-state index contributed by atoms with van der Waals surface area (Å²) in [4.78, 5) is 30.2. The van der Waals surface area contributed by atoms with Crippen molar-refractivity contribution in [3.8, 4) is 5.88 Å². The molecule has 0 aromatic carbocycles. The molecule has 2 heterocycles. The highest BCUT2D eigenvalue weighted by Crippen LogP contribution is 2.25. The second kappa shape index (κ2) is 6.61. The lowest BCUT2D eigenvalue weighted by atomic mass is 10.3. The maximum absolute atomic E-state index is 13.6. The van der Waals surface area contributed by atoms with Crippen LogP contribution >= 0.6 is 0 Å². The van der Waals surface area contributed by atoms with Crippen LogP contribution in [0.25, 0.3) is 0 Å². The molecule has 7 nitrogen and oxygen atoms in total. The molecule has 1 amide bonds. The van der Waals surface area contributed by atoms with E-state index in [2.05, 4.69) is 9.97 Å². The van der Waals surface area contributed by atoms with E-state index in [1.807, 2.05) is 0 Å². The number of aromatic nitrogens is 2. The van der Waals surface area contributed by atoms with Gasteiger partial charge >= 0.3 is 6.09 Å². The van der Waals surface area contributed by atoms with Crippen molar-refractivity contribution in [2.45, 2.75) is 6.92 Å². The fourth-order valence-corrected chi connectivity index (χ4v) is 1.73. The van der Waals surface area contributed by atoms with E-state index in [1.165, 1.54) is 24.4 Å². The predicted octanol–water partition coefficient (Wildman–Crippen LogP) is 2.64. The Morgan fingerprint density at radius 3 is 2.68 bits per heavy atom. The maximum atomic E-state index is 13.6. The molecule has 0 fully saturated rings. The van der Waals surface area contributed by atoms with E-state index >= 15 is 0 Å². The van der Waals surface area contributed by atoms with Crippen molar-refractivity contribution in [1.82, 2.24) is 9.97 Å². The second-order valence-corrected chi connectivity index (χ2v) is 4.07. The molecule has 8 heteroatoms. The Morgan fingerprint density at radius 2 is 2.18 bits per heavy atom. The van der Waals surface area contributed by atoms with Crippen LogP contribution < -0.4 is 9.64 Å². The summed E-state index contributed by atoms with van der Waals surface area (Å²) in [6.45, 7) is 2.22. The Balaban J connectivity index is 2.39. The number of carboxylic acid groups (broad SMARTS) is 1. The van der Waals surface area contributed by atoms with E-state index in [4.69, 9.17) is 4.74 Å². The average molecular weight is 305 g/mol. The summed E-state index contributed by atoms with van der Waals surface area (Å²) in [5, 5.41) is 9.31. The third kappa shape index (κ3) is 3.17. The Bertz CT molecular complexity index is 691. The normalized spacial score (nSPS) is 10.1. The molecule has 0 aliphatic carbocycles. The summed E-state index contributed by atoms with van der Waals surface area (Å²) < 4.78 is 18.7. The van der Waals surface area contributed by atoms with Crippen LogP contribution in [0, 0.1) is 5.95 Å². The minimum Gasteiger partial charge on any atom is -0.478 e. The Kier molecular flexibility index (Phi) is 4.62. The number of carbonyl (C=O) groups excluding carboxylic acids is 1. The minimum atomic E-state index is -1.36. The van der Waals surface area contributed by atoms with Crippen molar-refractivity contribution >= 4 is 23.9 Å². The molecule has 0 spiro atoms. The first-order chi connectivity index (χ1) is 10.6. The summed E-state index contributed by atoms with van der Waals surface area (Å²) in [5.41, 5.74) is -0.0828. The lowest BCUT2D eigenvalue weighted by molar-refractivity contribution is 0.111. The van der Waals surface area contributed by atoms with Gasteiger partial charge in [-0.05, 0) is 25.1 Å².